The molecule has 0 aromatic heterocycles. The van der Waals surface area contributed by atoms with Crippen LogP contribution in [0, 0.1) is 5.92 Å². The highest BCUT2D eigenvalue weighted by atomic mass is 127. The smallest absolute Gasteiger partial charge is 0.0316 e. The highest BCUT2D eigenvalue weighted by molar-refractivity contribution is 14.1. The van der Waals surface area contributed by atoms with Gasteiger partial charge in [-0.2, -0.15) is 0 Å². The van der Waals surface area contributed by atoms with E-state index in [2.05, 4.69) is 54.1 Å². The highest BCUT2D eigenvalue weighted by Gasteiger charge is 2.35. The number of nitrogens with one attached hydrogen (secondary N) is 2. The molecule has 1 aliphatic rings. The molecule has 1 rings (SSSR count). The average Bonchev–Trinajstić information content (AvgIpc) is 2.28. The van der Waals surface area contributed by atoms with Gasteiger partial charge in [0.05, 0.1) is 0 Å². The Morgan fingerprint density at radius 3 is 2.45 bits per heavy atom. The molecule has 0 amide bonds. The molecular weight excluding hydrogens is 251 g/mol. The van der Waals surface area contributed by atoms with Gasteiger partial charge in [-0.3, -0.25) is 0 Å². The number of likely N-dealkylation sites (N-methyl/N-ethyl adjacent to an activating group) is 1. The van der Waals surface area contributed by atoms with Gasteiger partial charge in [0.2, 0.25) is 0 Å². The lowest BCUT2D eigenvalue weighted by Gasteiger charge is -2.19. The summed E-state index contributed by atoms with van der Waals surface area (Å²) >= 11 is 2.45. The zero-order chi connectivity index (χ0) is 8.43. The number of alkyl halides is 1. The van der Waals surface area contributed by atoms with E-state index in [9.17, 15) is 0 Å². The van der Waals surface area contributed by atoms with Crippen LogP contribution in [0.25, 0.3) is 0 Å². The van der Waals surface area contributed by atoms with E-state index >= 15 is 0 Å². The zero-order valence-corrected chi connectivity index (χ0v) is 9.55. The van der Waals surface area contributed by atoms with E-state index in [1.54, 1.807) is 0 Å². The quantitative estimate of drug-likeness (QED) is 0.577. The summed E-state index contributed by atoms with van der Waals surface area (Å²) in [7, 11) is 2.06. The molecule has 1 heterocycles. The van der Waals surface area contributed by atoms with Crippen molar-refractivity contribution >= 4 is 22.6 Å². The summed E-state index contributed by atoms with van der Waals surface area (Å²) in [6, 6.07) is 1.97. The zero-order valence-electron chi connectivity index (χ0n) is 7.39. The summed E-state index contributed by atoms with van der Waals surface area (Å²) in [4.78, 5) is 0. The molecule has 1 aliphatic heterocycles. The third kappa shape index (κ3) is 1.87. The molecule has 4 atom stereocenters. The maximum atomic E-state index is 3.58. The largest absolute Gasteiger partial charge is 0.315 e. The third-order valence-electron chi connectivity index (χ3n) is 2.77. The van der Waals surface area contributed by atoms with Crippen molar-refractivity contribution in [2.24, 2.45) is 5.92 Å². The lowest BCUT2D eigenvalue weighted by atomic mass is 9.97. The summed E-state index contributed by atoms with van der Waals surface area (Å²) in [5.41, 5.74) is 0. The van der Waals surface area contributed by atoms with Crippen molar-refractivity contribution in [2.75, 3.05) is 11.5 Å². The number of hydrogen-bond acceptors (Lipinski definition) is 2. The second-order valence-corrected chi connectivity index (χ2v) is 4.27. The predicted octanol–water partition coefficient (Wildman–Crippen LogP) is 1.01. The summed E-state index contributed by atoms with van der Waals surface area (Å²) in [5.74, 6) is 0.750. The Morgan fingerprint density at radius 1 is 1.45 bits per heavy atom. The van der Waals surface area contributed by atoms with Gasteiger partial charge in [0.25, 0.3) is 0 Å². The Kier molecular flexibility index (Phi) is 3.58. The minimum atomic E-state index is 0.655. The molecule has 0 saturated carbocycles. The molecule has 1 fully saturated rings. The Hall–Kier alpha value is 0.650. The van der Waals surface area contributed by atoms with Crippen LogP contribution in [0.2, 0.25) is 0 Å². The molecule has 0 aromatic carbocycles. The van der Waals surface area contributed by atoms with Gasteiger partial charge in [-0.1, -0.05) is 29.5 Å². The van der Waals surface area contributed by atoms with Gasteiger partial charge in [-0.25, -0.2) is 0 Å². The minimum absolute atomic E-state index is 0.655. The van der Waals surface area contributed by atoms with Crippen molar-refractivity contribution < 1.29 is 0 Å². The van der Waals surface area contributed by atoms with Crippen LogP contribution < -0.4 is 10.6 Å². The molecule has 2 nitrogen and oxygen atoms in total. The van der Waals surface area contributed by atoms with E-state index in [0.29, 0.717) is 18.1 Å². The van der Waals surface area contributed by atoms with Gasteiger partial charge in [0, 0.05) is 22.6 Å². The van der Waals surface area contributed by atoms with Crippen LogP contribution in [0.15, 0.2) is 0 Å². The van der Waals surface area contributed by atoms with Crippen LogP contribution in [0.1, 0.15) is 13.8 Å². The monoisotopic (exact) mass is 268 g/mol. The van der Waals surface area contributed by atoms with Crippen LogP contribution in [-0.4, -0.2) is 29.6 Å². The lowest BCUT2D eigenvalue weighted by Crippen LogP contribution is -2.41. The average molecular weight is 268 g/mol. The molecule has 0 unspecified atom stereocenters. The van der Waals surface area contributed by atoms with E-state index in [1.165, 1.54) is 4.43 Å². The van der Waals surface area contributed by atoms with Crippen molar-refractivity contribution in [3.63, 3.8) is 0 Å². The molecular formula is C8H17IN2. The molecule has 1 saturated heterocycles. The maximum Gasteiger partial charge on any atom is 0.0316 e. The van der Waals surface area contributed by atoms with E-state index in [1.807, 2.05) is 0 Å². The standard InChI is InChI=1S/C8H17IN2/c1-5-6(2)11-7(4-9)8(5)10-3/h5-8,10-11H,4H2,1-3H3/t5-,6-,7+,8-/m0/s1. The molecule has 0 spiro atoms. The van der Waals surface area contributed by atoms with E-state index in [-0.39, 0.29) is 0 Å². The molecule has 0 bridgehead atoms. The highest BCUT2D eigenvalue weighted by Crippen LogP contribution is 2.21. The first-order valence-electron chi connectivity index (χ1n) is 4.20. The number of rotatable bonds is 2. The third-order valence-corrected chi connectivity index (χ3v) is 3.71. The maximum absolute atomic E-state index is 3.58. The second kappa shape index (κ2) is 4.05. The van der Waals surface area contributed by atoms with Gasteiger partial charge >= 0.3 is 0 Å². The van der Waals surface area contributed by atoms with Crippen molar-refractivity contribution in [2.45, 2.75) is 32.0 Å². The summed E-state index contributed by atoms with van der Waals surface area (Å²) in [5, 5.41) is 6.96. The van der Waals surface area contributed by atoms with Gasteiger partial charge in [-0.05, 0) is 19.9 Å². The molecule has 2 N–H and O–H groups in total. The Bertz CT molecular complexity index is 129. The lowest BCUT2D eigenvalue weighted by molar-refractivity contribution is 0.423. The van der Waals surface area contributed by atoms with Crippen LogP contribution in [0.4, 0.5) is 0 Å². The van der Waals surface area contributed by atoms with Crippen molar-refractivity contribution in [1.82, 2.24) is 10.6 Å². The fourth-order valence-electron chi connectivity index (χ4n) is 1.88. The topological polar surface area (TPSA) is 24.1 Å². The van der Waals surface area contributed by atoms with Crippen LogP contribution >= 0.6 is 22.6 Å². The first kappa shape index (κ1) is 9.74. The molecule has 3 heteroatoms. The minimum Gasteiger partial charge on any atom is -0.315 e. The Balaban J connectivity index is 2.57. The van der Waals surface area contributed by atoms with E-state index in [0.717, 1.165) is 5.92 Å². The van der Waals surface area contributed by atoms with Crippen LogP contribution in [0.5, 0.6) is 0 Å². The predicted molar refractivity (Wildman–Crippen MR) is 57.3 cm³/mol. The Morgan fingerprint density at radius 2 is 2.09 bits per heavy atom. The fourth-order valence-corrected chi connectivity index (χ4v) is 2.68. The van der Waals surface area contributed by atoms with Crippen LogP contribution in [-0.2, 0) is 0 Å². The molecule has 66 valence electrons. The summed E-state index contributed by atoms with van der Waals surface area (Å²) in [6.07, 6.45) is 0. The first-order chi connectivity index (χ1) is 5.20. The van der Waals surface area contributed by atoms with Gasteiger partial charge in [0.15, 0.2) is 0 Å². The molecule has 0 aliphatic carbocycles. The normalized spacial score (nSPS) is 44.7. The first-order valence-corrected chi connectivity index (χ1v) is 5.72. The number of hydrogen-bond donors (Lipinski definition) is 2. The van der Waals surface area contributed by atoms with Gasteiger partial charge in [0.1, 0.15) is 0 Å². The van der Waals surface area contributed by atoms with Crippen molar-refractivity contribution in [3.8, 4) is 0 Å². The van der Waals surface area contributed by atoms with E-state index in [4.69, 9.17) is 0 Å². The Labute approximate surface area is 82.6 Å². The molecule has 0 aromatic rings. The summed E-state index contributed by atoms with van der Waals surface area (Å²) in [6.45, 7) is 4.58. The van der Waals surface area contributed by atoms with Crippen molar-refractivity contribution in [1.29, 1.82) is 0 Å². The SMILES string of the molecule is CN[C@H]1[C@@H](C)[C@H](C)N[C@@H]1CI. The van der Waals surface area contributed by atoms with Gasteiger partial charge in [-0.15, -0.1) is 0 Å². The second-order valence-electron chi connectivity index (χ2n) is 3.39. The summed E-state index contributed by atoms with van der Waals surface area (Å²) < 4.78 is 1.19. The molecule has 0 radical (unpaired) electrons. The number of halogens is 1. The molecule has 11 heavy (non-hydrogen) atoms. The van der Waals surface area contributed by atoms with Crippen LogP contribution in [0.3, 0.4) is 0 Å². The van der Waals surface area contributed by atoms with E-state index < -0.39 is 0 Å². The van der Waals surface area contributed by atoms with Crippen molar-refractivity contribution in [3.05, 3.63) is 0 Å². The fraction of sp³-hybridized carbons (Fsp3) is 1.00. The van der Waals surface area contributed by atoms with Gasteiger partial charge < -0.3 is 10.6 Å².